The molecular formula is C12H14O3. The topological polar surface area (TPSA) is 57.5 Å². The largest absolute Gasteiger partial charge is 0.479 e. The van der Waals surface area contributed by atoms with Crippen LogP contribution in [-0.4, -0.2) is 21.8 Å². The van der Waals surface area contributed by atoms with E-state index in [9.17, 15) is 9.90 Å². The summed E-state index contributed by atoms with van der Waals surface area (Å²) in [4.78, 5) is 10.9. The minimum atomic E-state index is -1.51. The molecule has 0 spiro atoms. The maximum absolute atomic E-state index is 10.9. The molecule has 0 saturated heterocycles. The van der Waals surface area contributed by atoms with Gasteiger partial charge in [0.2, 0.25) is 0 Å². The number of benzene rings is 1. The number of aliphatic carboxylic acids is 1. The van der Waals surface area contributed by atoms with E-state index in [1.165, 1.54) is 0 Å². The molecule has 2 rings (SSSR count). The van der Waals surface area contributed by atoms with Gasteiger partial charge in [0, 0.05) is 0 Å². The van der Waals surface area contributed by atoms with Crippen LogP contribution in [0.4, 0.5) is 0 Å². The highest BCUT2D eigenvalue weighted by Crippen LogP contribution is 2.40. The molecule has 1 fully saturated rings. The first-order valence-corrected chi connectivity index (χ1v) is 5.12. The van der Waals surface area contributed by atoms with Crippen molar-refractivity contribution < 1.29 is 15.0 Å². The third-order valence-electron chi connectivity index (χ3n) is 3.16. The number of rotatable bonds is 2. The quantitative estimate of drug-likeness (QED) is 0.775. The van der Waals surface area contributed by atoms with Crippen molar-refractivity contribution in [3.05, 3.63) is 35.9 Å². The highest BCUT2D eigenvalue weighted by molar-refractivity contribution is 5.77. The molecule has 0 aromatic heterocycles. The monoisotopic (exact) mass is 206 g/mol. The van der Waals surface area contributed by atoms with Gasteiger partial charge in [0.15, 0.2) is 5.60 Å². The molecule has 15 heavy (non-hydrogen) atoms. The van der Waals surface area contributed by atoms with Gasteiger partial charge in [0.1, 0.15) is 0 Å². The molecule has 1 aromatic rings. The summed E-state index contributed by atoms with van der Waals surface area (Å²) in [5.74, 6) is -0.923. The Morgan fingerprint density at radius 2 is 2.00 bits per heavy atom. The number of hydrogen-bond acceptors (Lipinski definition) is 2. The van der Waals surface area contributed by atoms with Gasteiger partial charge in [0.05, 0.1) is 0 Å². The number of carbonyl (C=O) groups is 1. The molecule has 1 saturated carbocycles. The molecule has 2 atom stereocenters. The van der Waals surface area contributed by atoms with Gasteiger partial charge in [-0.2, -0.15) is 0 Å². The van der Waals surface area contributed by atoms with E-state index >= 15 is 0 Å². The zero-order valence-corrected chi connectivity index (χ0v) is 8.39. The first-order chi connectivity index (χ1) is 7.12. The highest BCUT2D eigenvalue weighted by Gasteiger charge is 2.43. The van der Waals surface area contributed by atoms with E-state index in [1.54, 1.807) is 0 Å². The first kappa shape index (κ1) is 10.2. The minimum absolute atomic E-state index is 0.173. The van der Waals surface area contributed by atoms with Gasteiger partial charge in [-0.3, -0.25) is 0 Å². The van der Waals surface area contributed by atoms with Crippen LogP contribution < -0.4 is 0 Å². The second kappa shape index (κ2) is 3.66. The summed E-state index contributed by atoms with van der Waals surface area (Å²) in [5, 5.41) is 18.7. The summed E-state index contributed by atoms with van der Waals surface area (Å²) in [6, 6.07) is 9.78. The van der Waals surface area contributed by atoms with Crippen LogP contribution in [0, 0.1) is 0 Å². The van der Waals surface area contributed by atoms with Gasteiger partial charge in [0.25, 0.3) is 0 Å². The molecule has 3 nitrogen and oxygen atoms in total. The molecule has 1 aliphatic carbocycles. The molecule has 1 aromatic carbocycles. The van der Waals surface area contributed by atoms with Gasteiger partial charge < -0.3 is 10.2 Å². The van der Waals surface area contributed by atoms with Gasteiger partial charge in [-0.05, 0) is 30.7 Å². The van der Waals surface area contributed by atoms with Crippen LogP contribution >= 0.6 is 0 Å². The molecular weight excluding hydrogens is 192 g/mol. The zero-order chi connectivity index (χ0) is 10.9. The smallest absolute Gasteiger partial charge is 0.335 e. The summed E-state index contributed by atoms with van der Waals surface area (Å²) in [7, 11) is 0. The van der Waals surface area contributed by atoms with E-state index in [-0.39, 0.29) is 5.92 Å². The van der Waals surface area contributed by atoms with E-state index in [4.69, 9.17) is 5.11 Å². The Balaban J connectivity index is 2.14. The lowest BCUT2D eigenvalue weighted by atomic mass is 9.95. The number of aliphatic hydroxyl groups is 1. The van der Waals surface area contributed by atoms with Gasteiger partial charge in [-0.15, -0.1) is 0 Å². The Morgan fingerprint density at radius 1 is 1.33 bits per heavy atom. The van der Waals surface area contributed by atoms with E-state index in [0.717, 1.165) is 12.0 Å². The molecule has 0 amide bonds. The highest BCUT2D eigenvalue weighted by atomic mass is 16.4. The van der Waals surface area contributed by atoms with Crippen molar-refractivity contribution in [1.29, 1.82) is 0 Å². The van der Waals surface area contributed by atoms with E-state index < -0.39 is 11.6 Å². The summed E-state index contributed by atoms with van der Waals surface area (Å²) in [5.41, 5.74) is -0.393. The molecule has 80 valence electrons. The van der Waals surface area contributed by atoms with Crippen LogP contribution in [0.3, 0.4) is 0 Å². The lowest BCUT2D eigenvalue weighted by Crippen LogP contribution is -2.35. The average Bonchev–Trinajstić information content (AvgIpc) is 2.64. The molecule has 1 aliphatic rings. The van der Waals surface area contributed by atoms with Crippen molar-refractivity contribution in [1.82, 2.24) is 0 Å². The summed E-state index contributed by atoms with van der Waals surface area (Å²) >= 11 is 0. The fourth-order valence-corrected chi connectivity index (χ4v) is 2.23. The van der Waals surface area contributed by atoms with Crippen LogP contribution in [0.25, 0.3) is 0 Å². The molecule has 0 bridgehead atoms. The SMILES string of the molecule is O=C(O)C1(O)CCC(c2ccccc2)C1. The lowest BCUT2D eigenvalue weighted by Gasteiger charge is -2.16. The van der Waals surface area contributed by atoms with Crippen LogP contribution in [0.2, 0.25) is 0 Å². The fraction of sp³-hybridized carbons (Fsp3) is 0.417. The predicted molar refractivity (Wildman–Crippen MR) is 55.6 cm³/mol. The Kier molecular flexibility index (Phi) is 2.49. The van der Waals surface area contributed by atoms with Gasteiger partial charge >= 0.3 is 5.97 Å². The van der Waals surface area contributed by atoms with Crippen molar-refractivity contribution in [3.8, 4) is 0 Å². The number of hydrogen-bond donors (Lipinski definition) is 2. The number of carboxylic acids is 1. The van der Waals surface area contributed by atoms with Crippen LogP contribution in [0.5, 0.6) is 0 Å². The maximum atomic E-state index is 10.9. The molecule has 2 unspecified atom stereocenters. The normalized spacial score (nSPS) is 30.3. The van der Waals surface area contributed by atoms with Crippen LogP contribution in [0.1, 0.15) is 30.7 Å². The second-order valence-corrected chi connectivity index (χ2v) is 4.19. The first-order valence-electron chi connectivity index (χ1n) is 5.12. The van der Waals surface area contributed by atoms with Crippen molar-refractivity contribution >= 4 is 5.97 Å². The standard InChI is InChI=1S/C12H14O3/c13-11(14)12(15)7-6-10(8-12)9-4-2-1-3-5-9/h1-5,10,15H,6-8H2,(H,13,14). The van der Waals surface area contributed by atoms with Gasteiger partial charge in [-0.25, -0.2) is 4.79 Å². The summed E-state index contributed by atoms with van der Waals surface area (Å²) in [6.45, 7) is 0. The lowest BCUT2D eigenvalue weighted by molar-refractivity contribution is -0.157. The van der Waals surface area contributed by atoms with Crippen molar-refractivity contribution in [2.45, 2.75) is 30.8 Å². The van der Waals surface area contributed by atoms with E-state index in [1.807, 2.05) is 30.3 Å². The van der Waals surface area contributed by atoms with Crippen molar-refractivity contribution in [3.63, 3.8) is 0 Å². The second-order valence-electron chi connectivity index (χ2n) is 4.19. The number of carboxylic acid groups (broad SMARTS) is 1. The van der Waals surface area contributed by atoms with E-state index in [0.29, 0.717) is 12.8 Å². The van der Waals surface area contributed by atoms with Gasteiger partial charge in [-0.1, -0.05) is 30.3 Å². The predicted octanol–water partition coefficient (Wildman–Crippen LogP) is 1.77. The van der Waals surface area contributed by atoms with Crippen molar-refractivity contribution in [2.24, 2.45) is 0 Å². The summed E-state index contributed by atoms with van der Waals surface area (Å²) in [6.07, 6.45) is 1.42. The van der Waals surface area contributed by atoms with Crippen LogP contribution in [-0.2, 0) is 4.79 Å². The Morgan fingerprint density at radius 3 is 2.53 bits per heavy atom. The molecule has 3 heteroatoms. The molecule has 0 heterocycles. The zero-order valence-electron chi connectivity index (χ0n) is 8.39. The maximum Gasteiger partial charge on any atom is 0.335 e. The molecule has 2 N–H and O–H groups in total. The Labute approximate surface area is 88.4 Å². The fourth-order valence-electron chi connectivity index (χ4n) is 2.23. The molecule has 0 radical (unpaired) electrons. The Hall–Kier alpha value is -1.35. The van der Waals surface area contributed by atoms with Crippen LogP contribution in [0.15, 0.2) is 30.3 Å². The van der Waals surface area contributed by atoms with E-state index in [2.05, 4.69) is 0 Å². The Bertz CT molecular complexity index is 360. The summed E-state index contributed by atoms with van der Waals surface area (Å²) < 4.78 is 0. The third-order valence-corrected chi connectivity index (χ3v) is 3.16. The third kappa shape index (κ3) is 1.88. The molecule has 0 aliphatic heterocycles. The minimum Gasteiger partial charge on any atom is -0.479 e. The van der Waals surface area contributed by atoms with Crippen molar-refractivity contribution in [2.75, 3.05) is 0 Å². The average molecular weight is 206 g/mol.